The van der Waals surface area contributed by atoms with Crippen molar-refractivity contribution in [3.63, 3.8) is 0 Å². The van der Waals surface area contributed by atoms with Gasteiger partial charge in [-0.25, -0.2) is 0 Å². The molecule has 0 radical (unpaired) electrons. The van der Waals surface area contributed by atoms with Gasteiger partial charge < -0.3 is 0 Å². The normalized spacial score (nSPS) is 12.1. The Kier molecular flexibility index (Phi) is 20.8. The van der Waals surface area contributed by atoms with Crippen molar-refractivity contribution in [1.29, 1.82) is 0 Å². The molecular weight excluding hydrogens is 1690 g/mol. The van der Waals surface area contributed by atoms with Crippen LogP contribution >= 0.6 is 0 Å². The molecule has 0 nitrogen and oxygen atoms in total. The van der Waals surface area contributed by atoms with Gasteiger partial charge in [0.1, 0.15) is 0 Å². The van der Waals surface area contributed by atoms with Crippen LogP contribution in [0, 0.1) is 0 Å². The maximum atomic E-state index is 2.46. The SMILES string of the molecule is CC1(C)c2ccccc2-c2ccc(-c3ccc4c(-c5ccccc5)c5ccccc5c(-c5ccccc5)c4c3)cc21.c1ccc(-c2c3ccccc3c(-c3ccccc3)c3cc(-c4c5ccccc5c(-c5ccc6ccccc6c5)c5ccccc45)ccc23)cc1.c1ccc2cc(-c3c4ccccc4c(-c4ccc5ccccc5c4)c4cc(-c5ccc(-c6cccc7ccccc67)cc5)ccc34)ccc2c1. The summed E-state index contributed by atoms with van der Waals surface area (Å²) in [7, 11) is 0. The van der Waals surface area contributed by atoms with Crippen molar-refractivity contribution in [2.24, 2.45) is 0 Å². The van der Waals surface area contributed by atoms with Crippen molar-refractivity contribution in [3.05, 3.63) is 545 Å². The van der Waals surface area contributed by atoms with Gasteiger partial charge in [-0.05, 0) is 316 Å². The third-order valence-corrected chi connectivity index (χ3v) is 29.9. The third kappa shape index (κ3) is 14.6. The van der Waals surface area contributed by atoms with E-state index in [4.69, 9.17) is 0 Å². The first kappa shape index (κ1) is 83.6. The lowest BCUT2D eigenvalue weighted by Gasteiger charge is -2.22. The van der Waals surface area contributed by atoms with Crippen molar-refractivity contribution >= 4 is 129 Å². The highest BCUT2D eigenvalue weighted by molar-refractivity contribution is 6.28. The summed E-state index contributed by atoms with van der Waals surface area (Å²) in [5.41, 5.74) is 33.1. The molecule has 0 N–H and O–H groups in total. The molecule has 27 aromatic rings. The molecule has 0 unspecified atom stereocenters. The summed E-state index contributed by atoms with van der Waals surface area (Å²) < 4.78 is 0. The molecule has 0 saturated carbocycles. The van der Waals surface area contributed by atoms with E-state index in [1.807, 2.05) is 0 Å². The first-order chi connectivity index (χ1) is 69.7. The standard InChI is InChI=1S/2C50H32.C41H30/c1-3-13-38-30-41(26-22-33(38)10-1)49-45-17-7-8-18-46(45)50(42-27-23-34-11-2-4-14-39(34)31-42)48-32-40(28-29-47(48)49)35-20-24-37(25-21-35)44-19-9-15-36-12-5-6-16-43(36)44;1-3-16-34(17-4-1)47-39-21-9-10-22-40(39)48(35-18-5-2-6-19-35)46-32-38(29-30-45(46)47)50-43-25-13-11-23-41(43)49(42-24-12-14-26-44(42)50)37-28-27-33-15-7-8-20-36(33)31-37;1-41(2)37-20-12-11-17-31(37)32-23-21-30(26-38(32)41)29-22-24-35-36(25-29)40(28-15-7-4-8-16-28)34-19-10-9-18-33(34)39(35)27-13-5-3-6-14-27/h2*1-32H;3-26H,1-2H3. The van der Waals surface area contributed by atoms with Crippen LogP contribution in [0.5, 0.6) is 0 Å². The fourth-order valence-corrected chi connectivity index (χ4v) is 23.3. The molecule has 0 spiro atoms. The van der Waals surface area contributed by atoms with E-state index < -0.39 is 0 Å². The zero-order valence-electron chi connectivity index (χ0n) is 78.3. The fourth-order valence-electron chi connectivity index (χ4n) is 23.3. The predicted molar refractivity (Wildman–Crippen MR) is 607 cm³/mol. The Bertz CT molecular complexity index is 9600. The molecule has 27 aromatic carbocycles. The second-order valence-corrected chi connectivity index (χ2v) is 38.2. The highest BCUT2D eigenvalue weighted by Gasteiger charge is 2.36. The summed E-state index contributed by atoms with van der Waals surface area (Å²) in [5, 5.41) is 30.4. The van der Waals surface area contributed by atoms with Crippen molar-refractivity contribution in [2.75, 3.05) is 0 Å². The summed E-state index contributed by atoms with van der Waals surface area (Å²) in [6.45, 7) is 4.71. The Labute approximate surface area is 821 Å². The molecule has 0 atom stereocenters. The summed E-state index contributed by atoms with van der Waals surface area (Å²) in [5.74, 6) is 0. The average molecular weight is 1790 g/mol. The van der Waals surface area contributed by atoms with Gasteiger partial charge in [-0.3, -0.25) is 0 Å². The van der Waals surface area contributed by atoms with Crippen LogP contribution in [0.4, 0.5) is 0 Å². The lowest BCUT2D eigenvalue weighted by atomic mass is 9.81. The summed E-state index contributed by atoms with van der Waals surface area (Å²) in [6, 6.07) is 196. The largest absolute Gasteiger partial charge is 0.0622 e. The van der Waals surface area contributed by atoms with Crippen LogP contribution in [0.25, 0.3) is 263 Å². The molecule has 0 amide bonds. The molecule has 0 heteroatoms. The summed E-state index contributed by atoms with van der Waals surface area (Å²) in [6.07, 6.45) is 0. The Hall–Kier alpha value is -17.9. The Morgan fingerprint density at radius 2 is 0.333 bits per heavy atom. The minimum absolute atomic E-state index is 0.0231. The third-order valence-electron chi connectivity index (χ3n) is 29.9. The molecular formula is C141H94. The predicted octanol–water partition coefficient (Wildman–Crippen LogP) is 39.5. The first-order valence-electron chi connectivity index (χ1n) is 49.1. The Morgan fingerprint density at radius 1 is 0.106 bits per heavy atom. The van der Waals surface area contributed by atoms with Gasteiger partial charge in [-0.2, -0.15) is 0 Å². The van der Waals surface area contributed by atoms with Gasteiger partial charge in [0.2, 0.25) is 0 Å². The molecule has 28 rings (SSSR count). The molecule has 141 heavy (non-hydrogen) atoms. The van der Waals surface area contributed by atoms with Crippen molar-refractivity contribution in [2.45, 2.75) is 19.3 Å². The van der Waals surface area contributed by atoms with Gasteiger partial charge in [0, 0.05) is 5.41 Å². The molecule has 0 bridgehead atoms. The second-order valence-electron chi connectivity index (χ2n) is 38.2. The van der Waals surface area contributed by atoms with Crippen LogP contribution in [0.1, 0.15) is 25.0 Å². The Balaban J connectivity index is 0.000000109. The molecule has 0 aliphatic heterocycles. The quantitative estimate of drug-likeness (QED) is 0.113. The number of hydrogen-bond donors (Lipinski definition) is 0. The molecule has 1 aliphatic carbocycles. The number of hydrogen-bond acceptors (Lipinski definition) is 0. The van der Waals surface area contributed by atoms with Gasteiger partial charge in [-0.15, -0.1) is 0 Å². The van der Waals surface area contributed by atoms with Crippen LogP contribution in [-0.4, -0.2) is 0 Å². The van der Waals surface area contributed by atoms with E-state index in [-0.39, 0.29) is 5.41 Å². The molecule has 0 heterocycles. The van der Waals surface area contributed by atoms with Crippen molar-refractivity contribution in [1.82, 2.24) is 0 Å². The molecule has 0 saturated heterocycles. The van der Waals surface area contributed by atoms with E-state index in [9.17, 15) is 0 Å². The first-order valence-corrected chi connectivity index (χ1v) is 49.1. The average Bonchev–Trinajstić information content (AvgIpc) is 1.68. The zero-order chi connectivity index (χ0) is 93.6. The molecule has 0 fully saturated rings. The van der Waals surface area contributed by atoms with E-state index in [1.54, 1.807) is 0 Å². The van der Waals surface area contributed by atoms with Crippen molar-refractivity contribution < 1.29 is 0 Å². The molecule has 1 aliphatic rings. The highest BCUT2D eigenvalue weighted by Crippen LogP contribution is 2.55. The minimum Gasteiger partial charge on any atom is -0.0622 e. The van der Waals surface area contributed by atoms with Gasteiger partial charge in [-0.1, -0.05) is 505 Å². The molecule has 658 valence electrons. The van der Waals surface area contributed by atoms with E-state index >= 15 is 0 Å². The Morgan fingerprint density at radius 3 is 0.723 bits per heavy atom. The van der Waals surface area contributed by atoms with Gasteiger partial charge in [0.15, 0.2) is 0 Å². The zero-order valence-corrected chi connectivity index (χ0v) is 78.3. The van der Waals surface area contributed by atoms with Gasteiger partial charge in [0.05, 0.1) is 0 Å². The maximum absolute atomic E-state index is 2.46. The van der Waals surface area contributed by atoms with E-state index in [1.165, 1.54) is 274 Å². The van der Waals surface area contributed by atoms with E-state index in [2.05, 4.69) is 548 Å². The number of fused-ring (bicyclic) bond motifs is 15. The summed E-state index contributed by atoms with van der Waals surface area (Å²) in [4.78, 5) is 0. The topological polar surface area (TPSA) is 0 Å². The number of benzene rings is 27. The van der Waals surface area contributed by atoms with Gasteiger partial charge >= 0.3 is 0 Å². The van der Waals surface area contributed by atoms with Crippen LogP contribution in [-0.2, 0) is 5.41 Å². The lowest BCUT2D eigenvalue weighted by Crippen LogP contribution is -2.14. The molecule has 0 aromatic heterocycles. The van der Waals surface area contributed by atoms with Crippen LogP contribution < -0.4 is 0 Å². The van der Waals surface area contributed by atoms with Crippen LogP contribution in [0.15, 0.2) is 534 Å². The van der Waals surface area contributed by atoms with E-state index in [0.717, 1.165) is 0 Å². The lowest BCUT2D eigenvalue weighted by molar-refractivity contribution is 0.660. The van der Waals surface area contributed by atoms with Gasteiger partial charge in [0.25, 0.3) is 0 Å². The summed E-state index contributed by atoms with van der Waals surface area (Å²) >= 11 is 0. The van der Waals surface area contributed by atoms with Crippen LogP contribution in [0.2, 0.25) is 0 Å². The van der Waals surface area contributed by atoms with Crippen LogP contribution in [0.3, 0.4) is 0 Å². The maximum Gasteiger partial charge on any atom is 0.0159 e. The second kappa shape index (κ2) is 35.0. The monoisotopic (exact) mass is 1790 g/mol. The van der Waals surface area contributed by atoms with E-state index in [0.29, 0.717) is 0 Å². The number of rotatable bonds is 11. The smallest absolute Gasteiger partial charge is 0.0159 e. The minimum atomic E-state index is -0.0231. The highest BCUT2D eigenvalue weighted by atomic mass is 14.4. The fraction of sp³-hybridized carbons (Fsp3) is 0.0213. The van der Waals surface area contributed by atoms with Crippen molar-refractivity contribution in [3.8, 4) is 134 Å².